The zero-order valence-electron chi connectivity index (χ0n) is 16.9. The van der Waals surface area contributed by atoms with Crippen molar-refractivity contribution < 1.29 is 27.5 Å². The third-order valence-electron chi connectivity index (χ3n) is 4.93. The van der Waals surface area contributed by atoms with Crippen LogP contribution in [0, 0.1) is 0 Å². The molecule has 0 aromatic carbocycles. The van der Waals surface area contributed by atoms with Gasteiger partial charge in [0.1, 0.15) is 17.8 Å². The second-order valence-electron chi connectivity index (χ2n) is 7.14. The Balaban J connectivity index is 1.40. The molecular formula is C21H17ClF3N5O3. The molecule has 3 aromatic rings. The Kier molecular flexibility index (Phi) is 6.34. The standard InChI is InChI=1S/C21H17ClF3N5O3/c22-16-7-13(19-28-15(10-31)11-33-19)8-27-18(16)12-3-5-30(6-4-12)20(32)29-17-2-1-14(9-26-17)21(23,24)25/h1-3,7-9,11,31H,4-6,10H2,(H,26,29,32). The number of pyridine rings is 2. The number of aromatic nitrogens is 3. The minimum Gasteiger partial charge on any atom is -0.444 e. The second kappa shape index (κ2) is 9.20. The lowest BCUT2D eigenvalue weighted by Gasteiger charge is -2.26. The Morgan fingerprint density at radius 1 is 1.27 bits per heavy atom. The number of urea groups is 1. The van der Waals surface area contributed by atoms with E-state index in [1.807, 2.05) is 6.08 Å². The number of anilines is 1. The number of aliphatic hydroxyl groups excluding tert-OH is 1. The van der Waals surface area contributed by atoms with Crippen molar-refractivity contribution >= 4 is 29.0 Å². The van der Waals surface area contributed by atoms with E-state index in [0.29, 0.717) is 41.1 Å². The van der Waals surface area contributed by atoms with E-state index in [9.17, 15) is 18.0 Å². The van der Waals surface area contributed by atoms with Crippen molar-refractivity contribution in [2.75, 3.05) is 18.4 Å². The number of nitrogens with one attached hydrogen (secondary N) is 1. The SMILES string of the molecule is O=C(Nc1ccc(C(F)(F)F)cn1)N1CC=C(c2ncc(-c3nc(CO)co3)cc2Cl)CC1. The zero-order chi connectivity index (χ0) is 23.6. The Labute approximate surface area is 190 Å². The quantitative estimate of drug-likeness (QED) is 0.566. The van der Waals surface area contributed by atoms with E-state index >= 15 is 0 Å². The molecule has 2 N–H and O–H groups in total. The first-order valence-corrected chi connectivity index (χ1v) is 10.1. The molecule has 2 amide bonds. The number of amides is 2. The summed E-state index contributed by atoms with van der Waals surface area (Å²) in [5.41, 5.74) is 1.48. The lowest BCUT2D eigenvalue weighted by molar-refractivity contribution is -0.137. The van der Waals surface area contributed by atoms with Crippen LogP contribution >= 0.6 is 11.6 Å². The molecule has 1 aliphatic rings. The van der Waals surface area contributed by atoms with Crippen LogP contribution in [-0.2, 0) is 12.8 Å². The van der Waals surface area contributed by atoms with E-state index in [1.54, 1.807) is 12.3 Å². The number of alkyl halides is 3. The summed E-state index contributed by atoms with van der Waals surface area (Å²) in [6, 6.07) is 3.15. The highest BCUT2D eigenvalue weighted by atomic mass is 35.5. The van der Waals surface area contributed by atoms with E-state index in [2.05, 4.69) is 20.3 Å². The molecule has 0 aliphatic carbocycles. The summed E-state index contributed by atoms with van der Waals surface area (Å²) in [4.78, 5) is 26.1. The van der Waals surface area contributed by atoms with Gasteiger partial charge in [0.05, 0.1) is 28.5 Å². The first-order chi connectivity index (χ1) is 15.7. The maximum Gasteiger partial charge on any atom is 0.417 e. The summed E-state index contributed by atoms with van der Waals surface area (Å²) in [6.45, 7) is 0.382. The molecule has 3 aromatic heterocycles. The molecule has 0 bridgehead atoms. The molecule has 172 valence electrons. The van der Waals surface area contributed by atoms with Crippen molar-refractivity contribution in [3.05, 3.63) is 64.9 Å². The van der Waals surface area contributed by atoms with E-state index in [0.717, 1.165) is 17.7 Å². The summed E-state index contributed by atoms with van der Waals surface area (Å²) in [7, 11) is 0. The average molecular weight is 480 g/mol. The predicted octanol–water partition coefficient (Wildman–Crippen LogP) is 4.62. The summed E-state index contributed by atoms with van der Waals surface area (Å²) < 4.78 is 43.2. The summed E-state index contributed by atoms with van der Waals surface area (Å²) in [5.74, 6) is 0.316. The third kappa shape index (κ3) is 5.15. The fraction of sp³-hybridized carbons (Fsp3) is 0.238. The van der Waals surface area contributed by atoms with Crippen molar-refractivity contribution in [3.8, 4) is 11.5 Å². The van der Waals surface area contributed by atoms with Gasteiger partial charge in [-0.3, -0.25) is 10.3 Å². The van der Waals surface area contributed by atoms with E-state index < -0.39 is 17.8 Å². The molecule has 0 unspecified atom stereocenters. The van der Waals surface area contributed by atoms with Gasteiger partial charge < -0.3 is 14.4 Å². The van der Waals surface area contributed by atoms with E-state index in [4.69, 9.17) is 21.1 Å². The molecule has 4 heterocycles. The number of carbonyl (C=O) groups excluding carboxylic acids is 1. The van der Waals surface area contributed by atoms with Gasteiger partial charge in [0, 0.05) is 25.5 Å². The molecule has 0 radical (unpaired) electrons. The van der Waals surface area contributed by atoms with Crippen LogP contribution in [0.2, 0.25) is 5.02 Å². The van der Waals surface area contributed by atoms with Crippen LogP contribution in [0.25, 0.3) is 17.0 Å². The fourth-order valence-corrected chi connectivity index (χ4v) is 3.48. The minimum absolute atomic E-state index is 0.0268. The van der Waals surface area contributed by atoms with Gasteiger partial charge in [0.15, 0.2) is 0 Å². The molecule has 12 heteroatoms. The van der Waals surface area contributed by atoms with Crippen molar-refractivity contribution in [1.29, 1.82) is 0 Å². The zero-order valence-corrected chi connectivity index (χ0v) is 17.7. The predicted molar refractivity (Wildman–Crippen MR) is 113 cm³/mol. The van der Waals surface area contributed by atoms with Gasteiger partial charge in [-0.2, -0.15) is 13.2 Å². The molecular weight excluding hydrogens is 463 g/mol. The Hall–Kier alpha value is -3.44. The Bertz CT molecular complexity index is 1190. The number of carbonyl (C=O) groups is 1. The monoisotopic (exact) mass is 479 g/mol. The van der Waals surface area contributed by atoms with Gasteiger partial charge in [-0.05, 0) is 30.2 Å². The smallest absolute Gasteiger partial charge is 0.417 e. The van der Waals surface area contributed by atoms with E-state index in [1.165, 1.54) is 11.2 Å². The normalized spacial score (nSPS) is 14.2. The number of rotatable bonds is 4. The van der Waals surface area contributed by atoms with Crippen LogP contribution in [-0.4, -0.2) is 44.1 Å². The molecule has 0 saturated carbocycles. The lowest BCUT2D eigenvalue weighted by Crippen LogP contribution is -2.38. The molecule has 0 saturated heterocycles. The van der Waals surface area contributed by atoms with Crippen LogP contribution in [0.5, 0.6) is 0 Å². The van der Waals surface area contributed by atoms with Crippen LogP contribution in [0.15, 0.2) is 47.3 Å². The molecule has 0 spiro atoms. The van der Waals surface area contributed by atoms with Crippen LogP contribution < -0.4 is 5.32 Å². The minimum atomic E-state index is -4.49. The highest BCUT2D eigenvalue weighted by Crippen LogP contribution is 2.31. The molecule has 8 nitrogen and oxygen atoms in total. The summed E-state index contributed by atoms with van der Waals surface area (Å²) in [5, 5.41) is 12.0. The maximum atomic E-state index is 12.6. The number of hydrogen-bond acceptors (Lipinski definition) is 6. The topological polar surface area (TPSA) is 104 Å². The summed E-state index contributed by atoms with van der Waals surface area (Å²) >= 11 is 6.40. The summed E-state index contributed by atoms with van der Waals surface area (Å²) in [6.07, 6.45) is 1.38. The number of aliphatic hydroxyl groups is 1. The van der Waals surface area contributed by atoms with E-state index in [-0.39, 0.29) is 24.9 Å². The highest BCUT2D eigenvalue weighted by molar-refractivity contribution is 6.32. The third-order valence-corrected chi connectivity index (χ3v) is 5.22. The van der Waals surface area contributed by atoms with Gasteiger partial charge >= 0.3 is 12.2 Å². The number of halogens is 4. The molecule has 0 fully saturated rings. The van der Waals surface area contributed by atoms with Gasteiger partial charge in [0.25, 0.3) is 0 Å². The number of nitrogens with zero attached hydrogens (tertiary/aromatic N) is 4. The molecule has 4 rings (SSSR count). The average Bonchev–Trinajstić information content (AvgIpc) is 3.28. The van der Waals surface area contributed by atoms with Crippen molar-refractivity contribution in [2.24, 2.45) is 0 Å². The maximum absolute atomic E-state index is 12.6. The largest absolute Gasteiger partial charge is 0.444 e. The van der Waals surface area contributed by atoms with Gasteiger partial charge in [-0.25, -0.2) is 14.8 Å². The van der Waals surface area contributed by atoms with Crippen molar-refractivity contribution in [3.63, 3.8) is 0 Å². The number of oxazole rings is 1. The first-order valence-electron chi connectivity index (χ1n) is 9.74. The Morgan fingerprint density at radius 3 is 2.67 bits per heavy atom. The van der Waals surface area contributed by atoms with Gasteiger partial charge in [-0.15, -0.1) is 0 Å². The fourth-order valence-electron chi connectivity index (χ4n) is 3.20. The molecule has 0 atom stereocenters. The van der Waals surface area contributed by atoms with Crippen LogP contribution in [0.3, 0.4) is 0 Å². The van der Waals surface area contributed by atoms with Crippen molar-refractivity contribution in [2.45, 2.75) is 19.2 Å². The lowest BCUT2D eigenvalue weighted by atomic mass is 10.0. The van der Waals surface area contributed by atoms with Crippen LogP contribution in [0.1, 0.15) is 23.4 Å². The van der Waals surface area contributed by atoms with Crippen molar-refractivity contribution in [1.82, 2.24) is 19.9 Å². The van der Waals surface area contributed by atoms with Gasteiger partial charge in [-0.1, -0.05) is 17.7 Å². The second-order valence-corrected chi connectivity index (χ2v) is 7.55. The van der Waals surface area contributed by atoms with Gasteiger partial charge in [0.2, 0.25) is 5.89 Å². The van der Waals surface area contributed by atoms with Crippen LogP contribution in [0.4, 0.5) is 23.8 Å². The highest BCUT2D eigenvalue weighted by Gasteiger charge is 2.30. The first kappa shape index (κ1) is 22.7. The number of hydrogen-bond donors (Lipinski definition) is 2. The molecule has 1 aliphatic heterocycles. The Morgan fingerprint density at radius 2 is 2.09 bits per heavy atom. The molecule has 33 heavy (non-hydrogen) atoms.